The Hall–Kier alpha value is -1.73. The Morgan fingerprint density at radius 1 is 1.41 bits per heavy atom. The van der Waals surface area contributed by atoms with Crippen molar-refractivity contribution < 1.29 is 18.0 Å². The average molecular weight is 254 g/mol. The van der Waals surface area contributed by atoms with Crippen molar-refractivity contribution >= 4 is 9.84 Å². The first-order chi connectivity index (χ1) is 8.00. The normalized spacial score (nSPS) is 11.6. The number of benzene rings is 1. The molecule has 0 aliphatic carbocycles. The van der Waals surface area contributed by atoms with Gasteiger partial charge in [0.1, 0.15) is 6.61 Å². The molecule has 1 aromatic heterocycles. The van der Waals surface area contributed by atoms with Gasteiger partial charge in [0.05, 0.1) is 4.90 Å². The molecule has 7 heteroatoms. The van der Waals surface area contributed by atoms with E-state index in [1.54, 1.807) is 12.1 Å². The van der Waals surface area contributed by atoms with Crippen molar-refractivity contribution in [2.45, 2.75) is 11.5 Å². The molecular formula is C10H10N2O4S. The van der Waals surface area contributed by atoms with Crippen LogP contribution in [0.2, 0.25) is 0 Å². The highest BCUT2D eigenvalue weighted by Crippen LogP contribution is 2.20. The molecule has 2 aromatic rings. The molecule has 1 heterocycles. The maximum absolute atomic E-state index is 11.4. The molecule has 0 saturated heterocycles. The number of nitrogens with zero attached hydrogens (tertiary/aromatic N) is 2. The first kappa shape index (κ1) is 11.7. The van der Waals surface area contributed by atoms with Gasteiger partial charge in [0.2, 0.25) is 0 Å². The van der Waals surface area contributed by atoms with E-state index in [4.69, 9.17) is 9.63 Å². The lowest BCUT2D eigenvalue weighted by Gasteiger charge is -1.99. The Morgan fingerprint density at radius 3 is 2.76 bits per heavy atom. The van der Waals surface area contributed by atoms with Gasteiger partial charge < -0.3 is 9.63 Å². The molecule has 1 aromatic carbocycles. The Kier molecular flexibility index (Phi) is 2.95. The van der Waals surface area contributed by atoms with Crippen molar-refractivity contribution in [1.82, 2.24) is 10.1 Å². The van der Waals surface area contributed by atoms with Crippen LogP contribution in [0, 0.1) is 0 Å². The molecule has 0 saturated carbocycles. The van der Waals surface area contributed by atoms with E-state index in [9.17, 15) is 8.42 Å². The summed E-state index contributed by atoms with van der Waals surface area (Å²) in [5.41, 5.74) is 0.500. The quantitative estimate of drug-likeness (QED) is 0.863. The van der Waals surface area contributed by atoms with Gasteiger partial charge in [-0.2, -0.15) is 4.98 Å². The van der Waals surface area contributed by atoms with Crippen molar-refractivity contribution in [1.29, 1.82) is 0 Å². The van der Waals surface area contributed by atoms with E-state index in [0.717, 1.165) is 6.26 Å². The zero-order chi connectivity index (χ0) is 12.5. The van der Waals surface area contributed by atoms with E-state index in [-0.39, 0.29) is 23.2 Å². The first-order valence-electron chi connectivity index (χ1n) is 4.74. The largest absolute Gasteiger partial charge is 0.388 e. The fourth-order valence-electron chi connectivity index (χ4n) is 1.30. The number of aliphatic hydroxyl groups is 1. The predicted molar refractivity (Wildman–Crippen MR) is 58.8 cm³/mol. The maximum Gasteiger partial charge on any atom is 0.258 e. The monoisotopic (exact) mass is 254 g/mol. The van der Waals surface area contributed by atoms with Gasteiger partial charge in [0, 0.05) is 11.8 Å². The van der Waals surface area contributed by atoms with Crippen molar-refractivity contribution in [3.05, 3.63) is 30.1 Å². The van der Waals surface area contributed by atoms with Crippen LogP contribution >= 0.6 is 0 Å². The Labute approximate surface area is 97.8 Å². The number of rotatable bonds is 3. The molecule has 6 nitrogen and oxygen atoms in total. The molecule has 17 heavy (non-hydrogen) atoms. The van der Waals surface area contributed by atoms with Gasteiger partial charge in [-0.15, -0.1) is 0 Å². The van der Waals surface area contributed by atoms with Crippen LogP contribution in [0.5, 0.6) is 0 Å². The third kappa shape index (κ3) is 2.51. The molecule has 0 fully saturated rings. The van der Waals surface area contributed by atoms with Crippen molar-refractivity contribution in [2.75, 3.05) is 6.26 Å². The van der Waals surface area contributed by atoms with E-state index < -0.39 is 9.84 Å². The molecule has 2 rings (SSSR count). The van der Waals surface area contributed by atoms with E-state index in [1.807, 2.05) is 0 Å². The summed E-state index contributed by atoms with van der Waals surface area (Å²) < 4.78 is 27.6. The van der Waals surface area contributed by atoms with E-state index >= 15 is 0 Å². The van der Waals surface area contributed by atoms with Crippen LogP contribution in [0.25, 0.3) is 11.5 Å². The molecular weight excluding hydrogens is 244 g/mol. The summed E-state index contributed by atoms with van der Waals surface area (Å²) in [6, 6.07) is 6.18. The topological polar surface area (TPSA) is 93.3 Å². The van der Waals surface area contributed by atoms with Gasteiger partial charge >= 0.3 is 0 Å². The summed E-state index contributed by atoms with van der Waals surface area (Å²) in [6.45, 7) is -0.324. The summed E-state index contributed by atoms with van der Waals surface area (Å²) in [5, 5.41) is 12.3. The molecule has 1 N–H and O–H groups in total. The van der Waals surface area contributed by atoms with Crippen LogP contribution in [0.4, 0.5) is 0 Å². The minimum absolute atomic E-state index is 0.157. The Morgan fingerprint density at radius 2 is 2.18 bits per heavy atom. The SMILES string of the molecule is CS(=O)(=O)c1cccc(-c2nc(CO)no2)c1. The van der Waals surface area contributed by atoms with Crippen LogP contribution in [0.3, 0.4) is 0 Å². The Balaban J connectivity index is 2.46. The van der Waals surface area contributed by atoms with Gasteiger partial charge in [0.15, 0.2) is 15.7 Å². The molecule has 0 atom stereocenters. The fourth-order valence-corrected chi connectivity index (χ4v) is 1.96. The maximum atomic E-state index is 11.4. The molecule has 0 spiro atoms. The smallest absolute Gasteiger partial charge is 0.258 e. The second-order valence-corrected chi connectivity index (χ2v) is 5.49. The van der Waals surface area contributed by atoms with Gasteiger partial charge in [-0.1, -0.05) is 11.2 Å². The van der Waals surface area contributed by atoms with Crippen LogP contribution in [0.15, 0.2) is 33.7 Å². The molecule has 0 amide bonds. The third-order valence-electron chi connectivity index (χ3n) is 2.12. The molecule has 0 bridgehead atoms. The summed E-state index contributed by atoms with van der Waals surface area (Å²) in [5.74, 6) is 0.337. The second-order valence-electron chi connectivity index (χ2n) is 3.47. The zero-order valence-corrected chi connectivity index (χ0v) is 9.81. The number of hydrogen-bond acceptors (Lipinski definition) is 6. The van der Waals surface area contributed by atoms with Crippen LogP contribution in [0.1, 0.15) is 5.82 Å². The fraction of sp³-hybridized carbons (Fsp3) is 0.200. The average Bonchev–Trinajstić information content (AvgIpc) is 2.76. The standard InChI is InChI=1S/C10H10N2O4S/c1-17(14,15)8-4-2-3-7(5-8)10-11-9(6-13)12-16-10/h2-5,13H,6H2,1H3. The lowest BCUT2D eigenvalue weighted by Crippen LogP contribution is -1.96. The van der Waals surface area contributed by atoms with Crippen molar-refractivity contribution in [3.63, 3.8) is 0 Å². The molecule has 0 unspecified atom stereocenters. The van der Waals surface area contributed by atoms with E-state index in [1.165, 1.54) is 12.1 Å². The second kappa shape index (κ2) is 4.27. The minimum atomic E-state index is -3.27. The van der Waals surface area contributed by atoms with Crippen molar-refractivity contribution in [2.24, 2.45) is 0 Å². The third-order valence-corrected chi connectivity index (χ3v) is 3.23. The van der Waals surface area contributed by atoms with Gasteiger partial charge in [-0.25, -0.2) is 8.42 Å². The number of aliphatic hydroxyl groups excluding tert-OH is 1. The van der Waals surface area contributed by atoms with Crippen molar-refractivity contribution in [3.8, 4) is 11.5 Å². The van der Waals surface area contributed by atoms with Gasteiger partial charge in [0.25, 0.3) is 5.89 Å². The van der Waals surface area contributed by atoms with Gasteiger partial charge in [-0.3, -0.25) is 0 Å². The lowest BCUT2D eigenvalue weighted by atomic mass is 10.2. The lowest BCUT2D eigenvalue weighted by molar-refractivity contribution is 0.264. The summed E-state index contributed by atoms with van der Waals surface area (Å²) in [7, 11) is -3.27. The number of hydrogen-bond donors (Lipinski definition) is 1. The van der Waals surface area contributed by atoms with E-state index in [0.29, 0.717) is 5.56 Å². The highest BCUT2D eigenvalue weighted by atomic mass is 32.2. The van der Waals surface area contributed by atoms with Crippen LogP contribution in [-0.4, -0.2) is 29.9 Å². The summed E-state index contributed by atoms with van der Waals surface area (Å²) in [6.07, 6.45) is 1.12. The summed E-state index contributed by atoms with van der Waals surface area (Å²) in [4.78, 5) is 4.08. The first-order valence-corrected chi connectivity index (χ1v) is 6.64. The van der Waals surface area contributed by atoms with Crippen LogP contribution < -0.4 is 0 Å². The highest BCUT2D eigenvalue weighted by molar-refractivity contribution is 7.90. The summed E-state index contributed by atoms with van der Waals surface area (Å²) >= 11 is 0. The molecule has 0 aliphatic rings. The zero-order valence-electron chi connectivity index (χ0n) is 8.99. The number of sulfone groups is 1. The predicted octanol–water partition coefficient (Wildman–Crippen LogP) is 0.632. The molecule has 90 valence electrons. The van der Waals surface area contributed by atoms with Gasteiger partial charge in [-0.05, 0) is 18.2 Å². The number of aromatic nitrogens is 2. The van der Waals surface area contributed by atoms with E-state index in [2.05, 4.69) is 10.1 Å². The minimum Gasteiger partial charge on any atom is -0.388 e. The van der Waals surface area contributed by atoms with Crippen LogP contribution in [-0.2, 0) is 16.4 Å². The molecule has 0 radical (unpaired) electrons. The molecule has 0 aliphatic heterocycles. The Bertz CT molecular complexity index is 633. The highest BCUT2D eigenvalue weighted by Gasteiger charge is 2.12.